The van der Waals surface area contributed by atoms with Gasteiger partial charge in [-0.1, -0.05) is 18.2 Å². The standard InChI is InChI=1S/C16H13F3N2O4/c1-24-15(23)14-11(6-4-8-20-14)21-13(22)9-10-5-2-3-7-12(10)25-16(17,18)19/h2-8H,9H2,1H3,(H,21,22). The Kier molecular flexibility index (Phi) is 5.58. The van der Waals surface area contributed by atoms with E-state index in [0.717, 1.165) is 13.2 Å². The lowest BCUT2D eigenvalue weighted by Gasteiger charge is -2.13. The van der Waals surface area contributed by atoms with E-state index in [9.17, 15) is 22.8 Å². The number of carbonyl (C=O) groups excluding carboxylic acids is 2. The lowest BCUT2D eigenvalue weighted by molar-refractivity contribution is -0.274. The van der Waals surface area contributed by atoms with E-state index in [2.05, 4.69) is 19.8 Å². The molecule has 0 aliphatic rings. The van der Waals surface area contributed by atoms with Gasteiger partial charge < -0.3 is 14.8 Å². The van der Waals surface area contributed by atoms with E-state index in [0.29, 0.717) is 0 Å². The second-order valence-electron chi connectivity index (χ2n) is 4.77. The molecule has 1 aromatic carbocycles. The normalized spacial score (nSPS) is 10.9. The highest BCUT2D eigenvalue weighted by atomic mass is 19.4. The molecule has 0 atom stereocenters. The Morgan fingerprint density at radius 3 is 2.56 bits per heavy atom. The molecule has 0 aliphatic heterocycles. The molecule has 1 N–H and O–H groups in total. The van der Waals surface area contributed by atoms with Gasteiger partial charge in [0, 0.05) is 11.8 Å². The van der Waals surface area contributed by atoms with Crippen molar-refractivity contribution in [1.29, 1.82) is 0 Å². The van der Waals surface area contributed by atoms with Crippen molar-refractivity contribution in [1.82, 2.24) is 4.98 Å². The highest BCUT2D eigenvalue weighted by Crippen LogP contribution is 2.26. The highest BCUT2D eigenvalue weighted by molar-refractivity contribution is 6.00. The van der Waals surface area contributed by atoms with Crippen molar-refractivity contribution in [3.8, 4) is 5.75 Å². The largest absolute Gasteiger partial charge is 0.573 e. The highest BCUT2D eigenvalue weighted by Gasteiger charge is 2.32. The van der Waals surface area contributed by atoms with E-state index in [4.69, 9.17) is 0 Å². The molecule has 0 saturated carbocycles. The number of para-hydroxylation sites is 1. The second kappa shape index (κ2) is 7.65. The zero-order valence-corrected chi connectivity index (χ0v) is 13.0. The van der Waals surface area contributed by atoms with Crippen LogP contribution in [-0.4, -0.2) is 30.3 Å². The molecule has 0 saturated heterocycles. The summed E-state index contributed by atoms with van der Waals surface area (Å²) in [6.45, 7) is 0. The van der Waals surface area contributed by atoms with Gasteiger partial charge in [0.25, 0.3) is 0 Å². The Bertz CT molecular complexity index is 778. The zero-order chi connectivity index (χ0) is 18.4. The number of halogens is 3. The van der Waals surface area contributed by atoms with Gasteiger partial charge in [-0.2, -0.15) is 0 Å². The molecule has 1 aromatic heterocycles. The smallest absolute Gasteiger partial charge is 0.464 e. The number of pyridine rings is 1. The molecule has 2 rings (SSSR count). The van der Waals surface area contributed by atoms with Gasteiger partial charge in [0.05, 0.1) is 19.2 Å². The van der Waals surface area contributed by atoms with E-state index in [1.54, 1.807) is 0 Å². The van der Waals surface area contributed by atoms with Crippen molar-refractivity contribution in [3.05, 3.63) is 53.9 Å². The number of hydrogen-bond donors (Lipinski definition) is 1. The first-order chi connectivity index (χ1) is 11.8. The topological polar surface area (TPSA) is 77.5 Å². The summed E-state index contributed by atoms with van der Waals surface area (Å²) in [5.41, 5.74) is 0.0209. The number of nitrogens with one attached hydrogen (secondary N) is 1. The minimum Gasteiger partial charge on any atom is -0.464 e. The molecule has 0 aliphatic carbocycles. The molecule has 0 bridgehead atoms. The summed E-state index contributed by atoms with van der Waals surface area (Å²) in [6, 6.07) is 8.21. The summed E-state index contributed by atoms with van der Waals surface area (Å²) >= 11 is 0. The Balaban J connectivity index is 2.16. The van der Waals surface area contributed by atoms with E-state index in [1.807, 2.05) is 0 Å². The molecule has 0 spiro atoms. The molecular formula is C16H13F3N2O4. The molecule has 0 unspecified atom stereocenters. The van der Waals surface area contributed by atoms with Crippen LogP contribution in [0.2, 0.25) is 0 Å². The summed E-state index contributed by atoms with van der Waals surface area (Å²) in [7, 11) is 1.16. The third-order valence-electron chi connectivity index (χ3n) is 3.01. The Hall–Kier alpha value is -3.10. The summed E-state index contributed by atoms with van der Waals surface area (Å²) in [5.74, 6) is -1.86. The van der Waals surface area contributed by atoms with Crippen LogP contribution >= 0.6 is 0 Å². The first-order valence-electron chi connectivity index (χ1n) is 6.97. The number of carbonyl (C=O) groups is 2. The van der Waals surface area contributed by atoms with Gasteiger partial charge in [-0.15, -0.1) is 13.2 Å². The maximum absolute atomic E-state index is 12.4. The molecule has 9 heteroatoms. The van der Waals surface area contributed by atoms with Crippen LogP contribution in [0.4, 0.5) is 18.9 Å². The predicted molar refractivity (Wildman–Crippen MR) is 81.0 cm³/mol. The molecule has 2 aromatic rings. The molecule has 1 amide bonds. The van der Waals surface area contributed by atoms with Crippen molar-refractivity contribution in [2.75, 3.05) is 12.4 Å². The fourth-order valence-electron chi connectivity index (χ4n) is 2.01. The third-order valence-corrected chi connectivity index (χ3v) is 3.01. The van der Waals surface area contributed by atoms with Crippen LogP contribution in [0.1, 0.15) is 16.1 Å². The van der Waals surface area contributed by atoms with Crippen LogP contribution in [0.3, 0.4) is 0 Å². The Morgan fingerprint density at radius 1 is 1.16 bits per heavy atom. The molecule has 25 heavy (non-hydrogen) atoms. The average molecular weight is 354 g/mol. The molecule has 6 nitrogen and oxygen atoms in total. The molecule has 0 radical (unpaired) electrons. The van der Waals surface area contributed by atoms with E-state index in [1.165, 1.54) is 36.5 Å². The van der Waals surface area contributed by atoms with Crippen LogP contribution in [0.5, 0.6) is 5.75 Å². The van der Waals surface area contributed by atoms with E-state index in [-0.39, 0.29) is 23.4 Å². The van der Waals surface area contributed by atoms with Crippen molar-refractivity contribution in [3.63, 3.8) is 0 Å². The maximum Gasteiger partial charge on any atom is 0.573 e. The number of esters is 1. The SMILES string of the molecule is COC(=O)c1ncccc1NC(=O)Cc1ccccc1OC(F)(F)F. The number of methoxy groups -OCH3 is 1. The first-order valence-corrected chi connectivity index (χ1v) is 6.97. The fraction of sp³-hybridized carbons (Fsp3) is 0.188. The molecular weight excluding hydrogens is 341 g/mol. The van der Waals surface area contributed by atoms with Crippen LogP contribution in [-0.2, 0) is 16.0 Å². The van der Waals surface area contributed by atoms with Crippen molar-refractivity contribution in [2.45, 2.75) is 12.8 Å². The monoisotopic (exact) mass is 354 g/mol. The molecule has 1 heterocycles. The lowest BCUT2D eigenvalue weighted by atomic mass is 10.1. The first kappa shape index (κ1) is 18.2. The van der Waals surface area contributed by atoms with Gasteiger partial charge in [0.1, 0.15) is 5.75 Å². The number of alkyl halides is 3. The van der Waals surface area contributed by atoms with E-state index >= 15 is 0 Å². The van der Waals surface area contributed by atoms with Gasteiger partial charge in [-0.3, -0.25) is 4.79 Å². The second-order valence-corrected chi connectivity index (χ2v) is 4.77. The number of benzene rings is 1. The van der Waals surface area contributed by atoms with Gasteiger partial charge in [-0.25, -0.2) is 9.78 Å². The Morgan fingerprint density at radius 2 is 1.88 bits per heavy atom. The van der Waals surface area contributed by atoms with Gasteiger partial charge in [-0.05, 0) is 18.2 Å². The van der Waals surface area contributed by atoms with Crippen LogP contribution < -0.4 is 10.1 Å². The minimum absolute atomic E-state index is 0.0424. The quantitative estimate of drug-likeness (QED) is 0.836. The number of ether oxygens (including phenoxy) is 2. The van der Waals surface area contributed by atoms with Crippen LogP contribution in [0.25, 0.3) is 0 Å². The number of nitrogens with zero attached hydrogens (tertiary/aromatic N) is 1. The number of amides is 1. The molecule has 132 valence electrons. The summed E-state index contributed by atoms with van der Waals surface area (Å²) < 4.78 is 45.7. The number of anilines is 1. The summed E-state index contributed by atoms with van der Waals surface area (Å²) in [5, 5.41) is 2.43. The van der Waals surface area contributed by atoms with Gasteiger partial charge >= 0.3 is 12.3 Å². The minimum atomic E-state index is -4.87. The van der Waals surface area contributed by atoms with Crippen molar-refractivity contribution < 1.29 is 32.2 Å². The number of hydrogen-bond acceptors (Lipinski definition) is 5. The lowest BCUT2D eigenvalue weighted by Crippen LogP contribution is -2.21. The van der Waals surface area contributed by atoms with Gasteiger partial charge in [0.2, 0.25) is 5.91 Å². The third kappa shape index (κ3) is 5.20. The number of aromatic nitrogens is 1. The van der Waals surface area contributed by atoms with Crippen molar-refractivity contribution >= 4 is 17.6 Å². The maximum atomic E-state index is 12.4. The van der Waals surface area contributed by atoms with E-state index < -0.39 is 24.0 Å². The predicted octanol–water partition coefficient (Wildman–Crippen LogP) is 2.95. The number of rotatable bonds is 5. The molecule has 0 fully saturated rings. The summed E-state index contributed by atoms with van der Waals surface area (Å²) in [4.78, 5) is 27.6. The van der Waals surface area contributed by atoms with Gasteiger partial charge in [0.15, 0.2) is 5.69 Å². The zero-order valence-electron chi connectivity index (χ0n) is 13.0. The van der Waals surface area contributed by atoms with Crippen LogP contribution in [0, 0.1) is 0 Å². The Labute approximate surface area is 140 Å². The van der Waals surface area contributed by atoms with Crippen molar-refractivity contribution in [2.24, 2.45) is 0 Å². The fourth-order valence-corrected chi connectivity index (χ4v) is 2.01. The van der Waals surface area contributed by atoms with Crippen LogP contribution in [0.15, 0.2) is 42.6 Å². The summed E-state index contributed by atoms with van der Waals surface area (Å²) in [6.07, 6.45) is -3.91. The average Bonchev–Trinajstić information content (AvgIpc) is 2.55.